The highest BCUT2D eigenvalue weighted by Crippen LogP contribution is 2.34. The van der Waals surface area contributed by atoms with Crippen molar-refractivity contribution in [3.05, 3.63) is 101 Å². The molecule has 0 aliphatic heterocycles. The number of allylic oxidation sites excluding steroid dienone is 1. The Morgan fingerprint density at radius 1 is 0.760 bits per heavy atom. The number of benzene rings is 3. The normalized spacial score (nSPS) is 11.8. The molecule has 0 unspecified atom stereocenters. The second-order valence-electron chi connectivity index (χ2n) is 5.81. The molecule has 0 aromatic heterocycles. The van der Waals surface area contributed by atoms with Crippen molar-refractivity contribution < 1.29 is 9.13 Å². The van der Waals surface area contributed by atoms with Gasteiger partial charge in [-0.3, -0.25) is 0 Å². The molecule has 3 aromatic rings. The van der Waals surface area contributed by atoms with Gasteiger partial charge in [0.05, 0.1) is 7.11 Å². The molecule has 0 N–H and O–H groups in total. The van der Waals surface area contributed by atoms with Crippen LogP contribution < -0.4 is 4.74 Å². The van der Waals surface area contributed by atoms with Crippen molar-refractivity contribution >= 4 is 11.1 Å². The van der Waals surface area contributed by atoms with Gasteiger partial charge in [-0.2, -0.15) is 0 Å². The van der Waals surface area contributed by atoms with E-state index in [2.05, 4.69) is 31.2 Å². The summed E-state index contributed by atoms with van der Waals surface area (Å²) in [6.45, 7) is 2.14. The smallest absolute Gasteiger partial charge is 0.123 e. The predicted molar refractivity (Wildman–Crippen MR) is 102 cm³/mol. The lowest BCUT2D eigenvalue weighted by Gasteiger charge is -2.16. The zero-order valence-electron chi connectivity index (χ0n) is 14.5. The summed E-state index contributed by atoms with van der Waals surface area (Å²) in [6.07, 6.45) is 0.869. The summed E-state index contributed by atoms with van der Waals surface area (Å²) < 4.78 is 18.7. The van der Waals surface area contributed by atoms with E-state index in [4.69, 9.17) is 4.74 Å². The van der Waals surface area contributed by atoms with Crippen LogP contribution in [-0.2, 0) is 0 Å². The average Bonchev–Trinajstić information content (AvgIpc) is 2.68. The third-order valence-corrected chi connectivity index (χ3v) is 4.29. The van der Waals surface area contributed by atoms with Gasteiger partial charge >= 0.3 is 0 Å². The molecule has 0 bridgehead atoms. The minimum absolute atomic E-state index is 0.223. The van der Waals surface area contributed by atoms with Gasteiger partial charge in [-0.15, -0.1) is 0 Å². The van der Waals surface area contributed by atoms with Gasteiger partial charge in [0.25, 0.3) is 0 Å². The molecular formula is C23H21FO. The van der Waals surface area contributed by atoms with Crippen LogP contribution in [0, 0.1) is 5.82 Å². The number of hydrogen-bond donors (Lipinski definition) is 0. The summed E-state index contributed by atoms with van der Waals surface area (Å²) in [5.74, 6) is 0.612. The maximum atomic E-state index is 13.4. The highest BCUT2D eigenvalue weighted by molar-refractivity contribution is 5.98. The molecule has 0 fully saturated rings. The molecule has 0 amide bonds. The van der Waals surface area contributed by atoms with E-state index in [9.17, 15) is 4.39 Å². The Balaban J connectivity index is 2.22. The topological polar surface area (TPSA) is 9.23 Å². The Labute approximate surface area is 148 Å². The molecule has 0 saturated heterocycles. The maximum Gasteiger partial charge on any atom is 0.123 e. The molecule has 3 aromatic carbocycles. The van der Waals surface area contributed by atoms with Crippen LogP contribution in [0.4, 0.5) is 4.39 Å². The van der Waals surface area contributed by atoms with Crippen LogP contribution in [0.25, 0.3) is 11.1 Å². The highest BCUT2D eigenvalue weighted by Gasteiger charge is 2.13. The Morgan fingerprint density at radius 2 is 1.32 bits per heavy atom. The number of rotatable bonds is 5. The number of ether oxygens (including phenoxy) is 1. The molecule has 0 saturated carbocycles. The third kappa shape index (κ3) is 3.80. The number of hydrogen-bond acceptors (Lipinski definition) is 1. The zero-order chi connectivity index (χ0) is 17.6. The molecule has 25 heavy (non-hydrogen) atoms. The second-order valence-corrected chi connectivity index (χ2v) is 5.81. The fourth-order valence-electron chi connectivity index (χ4n) is 3.05. The van der Waals surface area contributed by atoms with Crippen LogP contribution in [0.5, 0.6) is 5.75 Å². The Bertz CT molecular complexity index is 847. The summed E-state index contributed by atoms with van der Waals surface area (Å²) >= 11 is 0. The molecule has 126 valence electrons. The van der Waals surface area contributed by atoms with Gasteiger partial charge in [-0.05, 0) is 58.5 Å². The Hall–Kier alpha value is -2.87. The summed E-state index contributed by atoms with van der Waals surface area (Å²) in [7, 11) is 1.67. The molecule has 0 radical (unpaired) electrons. The van der Waals surface area contributed by atoms with E-state index in [1.54, 1.807) is 7.11 Å². The predicted octanol–water partition coefficient (Wildman–Crippen LogP) is 6.20. The molecular weight excluding hydrogens is 311 g/mol. The van der Waals surface area contributed by atoms with Gasteiger partial charge in [0.2, 0.25) is 0 Å². The van der Waals surface area contributed by atoms with Gasteiger partial charge in [-0.25, -0.2) is 4.39 Å². The monoisotopic (exact) mass is 332 g/mol. The van der Waals surface area contributed by atoms with Crippen LogP contribution in [0.3, 0.4) is 0 Å². The second kappa shape index (κ2) is 7.80. The summed E-state index contributed by atoms with van der Waals surface area (Å²) in [5, 5.41) is 0. The minimum atomic E-state index is -0.223. The standard InChI is InChI=1S/C23H21FO/c1-3-22(17-11-15-21(25-2)16-12-17)23(18-7-5-4-6-8-18)19-9-13-20(24)14-10-19/h4-16H,3H2,1-2H3/b23-22+. The van der Waals surface area contributed by atoms with E-state index in [1.165, 1.54) is 17.7 Å². The molecule has 0 atom stereocenters. The largest absolute Gasteiger partial charge is 0.497 e. The van der Waals surface area contributed by atoms with Gasteiger partial charge in [0.1, 0.15) is 11.6 Å². The van der Waals surface area contributed by atoms with E-state index in [-0.39, 0.29) is 5.82 Å². The minimum Gasteiger partial charge on any atom is -0.497 e. The lowest BCUT2D eigenvalue weighted by Crippen LogP contribution is -1.95. The molecule has 0 heterocycles. The Morgan fingerprint density at radius 3 is 1.88 bits per heavy atom. The first-order chi connectivity index (χ1) is 12.2. The van der Waals surface area contributed by atoms with E-state index >= 15 is 0 Å². The summed E-state index contributed by atoms with van der Waals surface area (Å²) in [6, 6.07) is 25.1. The quantitative estimate of drug-likeness (QED) is 0.505. The third-order valence-electron chi connectivity index (χ3n) is 4.29. The molecule has 0 aliphatic carbocycles. The zero-order valence-corrected chi connectivity index (χ0v) is 14.5. The van der Waals surface area contributed by atoms with Crippen molar-refractivity contribution in [3.8, 4) is 5.75 Å². The molecule has 3 rings (SSSR count). The molecule has 2 heteroatoms. The Kier molecular flexibility index (Phi) is 5.30. The van der Waals surface area contributed by atoms with E-state index in [0.717, 1.165) is 34.4 Å². The maximum absolute atomic E-state index is 13.4. The fraction of sp³-hybridized carbons (Fsp3) is 0.130. The number of halogens is 1. The SMILES string of the molecule is CC/C(=C(/c1ccccc1)c1ccc(F)cc1)c1ccc(OC)cc1. The van der Waals surface area contributed by atoms with Crippen molar-refractivity contribution in [2.75, 3.05) is 7.11 Å². The first-order valence-corrected chi connectivity index (χ1v) is 8.42. The van der Waals surface area contributed by atoms with Crippen molar-refractivity contribution in [3.63, 3.8) is 0 Å². The molecule has 0 spiro atoms. The first-order valence-electron chi connectivity index (χ1n) is 8.42. The van der Waals surface area contributed by atoms with Crippen LogP contribution in [0.2, 0.25) is 0 Å². The lowest BCUT2D eigenvalue weighted by atomic mass is 9.88. The van der Waals surface area contributed by atoms with Crippen molar-refractivity contribution in [1.29, 1.82) is 0 Å². The van der Waals surface area contributed by atoms with E-state index < -0.39 is 0 Å². The molecule has 1 nitrogen and oxygen atoms in total. The van der Waals surface area contributed by atoms with Crippen molar-refractivity contribution in [2.24, 2.45) is 0 Å². The van der Waals surface area contributed by atoms with Crippen LogP contribution in [-0.4, -0.2) is 7.11 Å². The highest BCUT2D eigenvalue weighted by atomic mass is 19.1. The van der Waals surface area contributed by atoms with Crippen LogP contribution >= 0.6 is 0 Å². The van der Waals surface area contributed by atoms with Gasteiger partial charge in [-0.1, -0.05) is 61.5 Å². The van der Waals surface area contributed by atoms with Gasteiger partial charge in [0.15, 0.2) is 0 Å². The van der Waals surface area contributed by atoms with E-state index in [0.29, 0.717) is 0 Å². The van der Waals surface area contributed by atoms with Crippen LogP contribution in [0.15, 0.2) is 78.9 Å². The van der Waals surface area contributed by atoms with Gasteiger partial charge < -0.3 is 4.74 Å². The lowest BCUT2D eigenvalue weighted by molar-refractivity contribution is 0.415. The number of methoxy groups -OCH3 is 1. The summed E-state index contributed by atoms with van der Waals surface area (Å²) in [5.41, 5.74) is 5.64. The van der Waals surface area contributed by atoms with Gasteiger partial charge in [0, 0.05) is 0 Å². The van der Waals surface area contributed by atoms with E-state index in [1.807, 2.05) is 42.5 Å². The first kappa shape index (κ1) is 17.0. The summed E-state index contributed by atoms with van der Waals surface area (Å²) in [4.78, 5) is 0. The molecule has 0 aliphatic rings. The average molecular weight is 332 g/mol. The van der Waals surface area contributed by atoms with Crippen molar-refractivity contribution in [2.45, 2.75) is 13.3 Å². The van der Waals surface area contributed by atoms with Crippen LogP contribution in [0.1, 0.15) is 30.0 Å². The van der Waals surface area contributed by atoms with Crippen molar-refractivity contribution in [1.82, 2.24) is 0 Å². The fourth-order valence-corrected chi connectivity index (χ4v) is 3.05.